The third-order valence-electron chi connectivity index (χ3n) is 4.28. The molecule has 128 valence electrons. The van der Waals surface area contributed by atoms with E-state index in [0.29, 0.717) is 0 Å². The van der Waals surface area contributed by atoms with Crippen LogP contribution in [0.2, 0.25) is 0 Å². The summed E-state index contributed by atoms with van der Waals surface area (Å²) in [4.78, 5) is 11.9. The third kappa shape index (κ3) is 4.25. The van der Waals surface area contributed by atoms with E-state index < -0.39 is 0 Å². The first kappa shape index (κ1) is 17.8. The van der Waals surface area contributed by atoms with E-state index in [1.165, 1.54) is 16.8 Å². The maximum absolute atomic E-state index is 11.9. The lowest BCUT2D eigenvalue weighted by Gasteiger charge is -2.07. The monoisotopic (exact) mass is 326 g/mol. The van der Waals surface area contributed by atoms with Crippen molar-refractivity contribution in [2.45, 2.75) is 41.2 Å². The van der Waals surface area contributed by atoms with Crippen LogP contribution in [-0.4, -0.2) is 23.2 Å². The van der Waals surface area contributed by atoms with Gasteiger partial charge in [-0.15, -0.1) is 0 Å². The van der Waals surface area contributed by atoms with E-state index in [-0.39, 0.29) is 12.5 Å². The van der Waals surface area contributed by atoms with Gasteiger partial charge >= 0.3 is 0 Å². The number of benzene rings is 1. The number of aryl methyl sites for hydroxylation is 3. The minimum atomic E-state index is -0.172. The Labute approximate surface area is 143 Å². The standard InChI is InChI=1S/C19H26N4O/c1-6-23-15(4)10-17(16(23)5)11-21-22-19(24)12-20-18-8-7-13(2)14(3)9-18/h7-11,20H,6,12H2,1-5H3,(H,22,24)/b21-11-. The van der Waals surface area contributed by atoms with Crippen LogP contribution in [0.15, 0.2) is 29.4 Å². The Balaban J connectivity index is 1.87. The Hall–Kier alpha value is -2.56. The average Bonchev–Trinajstić information content (AvgIpc) is 2.82. The van der Waals surface area contributed by atoms with Crippen molar-refractivity contribution >= 4 is 17.8 Å². The van der Waals surface area contributed by atoms with Crippen molar-refractivity contribution in [2.75, 3.05) is 11.9 Å². The molecule has 1 amide bonds. The van der Waals surface area contributed by atoms with E-state index in [1.54, 1.807) is 6.21 Å². The second-order valence-electron chi connectivity index (χ2n) is 6.02. The lowest BCUT2D eigenvalue weighted by atomic mass is 10.1. The van der Waals surface area contributed by atoms with Gasteiger partial charge in [0, 0.05) is 29.2 Å². The van der Waals surface area contributed by atoms with Crippen molar-refractivity contribution in [2.24, 2.45) is 5.10 Å². The molecule has 0 fully saturated rings. The zero-order valence-electron chi connectivity index (χ0n) is 15.1. The molecule has 5 nitrogen and oxygen atoms in total. The number of hydrogen-bond acceptors (Lipinski definition) is 3. The van der Waals surface area contributed by atoms with Crippen molar-refractivity contribution in [1.82, 2.24) is 9.99 Å². The molecule has 0 aliphatic carbocycles. The van der Waals surface area contributed by atoms with Crippen molar-refractivity contribution < 1.29 is 4.79 Å². The van der Waals surface area contributed by atoms with Gasteiger partial charge in [-0.05, 0) is 63.9 Å². The minimum Gasteiger partial charge on any atom is -0.376 e. The van der Waals surface area contributed by atoms with Gasteiger partial charge in [0.15, 0.2) is 0 Å². The fourth-order valence-electron chi connectivity index (χ4n) is 2.69. The molecular weight excluding hydrogens is 300 g/mol. The Kier molecular flexibility index (Phi) is 5.79. The van der Waals surface area contributed by atoms with Gasteiger partial charge in [-0.2, -0.15) is 5.10 Å². The van der Waals surface area contributed by atoms with E-state index >= 15 is 0 Å². The molecular formula is C19H26N4O. The second kappa shape index (κ2) is 7.81. The van der Waals surface area contributed by atoms with Crippen molar-refractivity contribution in [3.05, 3.63) is 52.3 Å². The van der Waals surface area contributed by atoms with Gasteiger partial charge in [0.25, 0.3) is 5.91 Å². The Morgan fingerprint density at radius 1 is 1.17 bits per heavy atom. The van der Waals surface area contributed by atoms with E-state index in [4.69, 9.17) is 0 Å². The molecule has 1 aromatic carbocycles. The summed E-state index contributed by atoms with van der Waals surface area (Å²) in [7, 11) is 0. The molecule has 0 aliphatic rings. The molecule has 1 heterocycles. The smallest absolute Gasteiger partial charge is 0.259 e. The molecule has 0 bridgehead atoms. The molecule has 1 aromatic heterocycles. The van der Waals surface area contributed by atoms with Gasteiger partial charge in [-0.1, -0.05) is 6.07 Å². The Morgan fingerprint density at radius 3 is 2.54 bits per heavy atom. The summed E-state index contributed by atoms with van der Waals surface area (Å²) in [5.74, 6) is -0.172. The average molecular weight is 326 g/mol. The highest BCUT2D eigenvalue weighted by Crippen LogP contribution is 2.14. The SMILES string of the molecule is CCn1c(C)cc(/C=N\NC(=O)CNc2ccc(C)c(C)c2)c1C. The number of hydrogen-bond donors (Lipinski definition) is 2. The van der Waals surface area contributed by atoms with Gasteiger partial charge in [0.1, 0.15) is 0 Å². The van der Waals surface area contributed by atoms with Gasteiger partial charge in [0.2, 0.25) is 0 Å². The highest BCUT2D eigenvalue weighted by molar-refractivity contribution is 5.85. The molecule has 2 rings (SSSR count). The van der Waals surface area contributed by atoms with E-state index in [2.05, 4.69) is 61.1 Å². The predicted octanol–water partition coefficient (Wildman–Crippen LogP) is 3.30. The van der Waals surface area contributed by atoms with Crippen LogP contribution in [0, 0.1) is 27.7 Å². The highest BCUT2D eigenvalue weighted by atomic mass is 16.2. The van der Waals surface area contributed by atoms with Crippen LogP contribution in [0.3, 0.4) is 0 Å². The zero-order chi connectivity index (χ0) is 17.7. The molecule has 0 radical (unpaired) electrons. The number of nitrogens with one attached hydrogen (secondary N) is 2. The molecule has 0 atom stereocenters. The predicted molar refractivity (Wildman–Crippen MR) is 99.7 cm³/mol. The van der Waals surface area contributed by atoms with Gasteiger partial charge < -0.3 is 9.88 Å². The number of nitrogens with zero attached hydrogens (tertiary/aromatic N) is 2. The minimum absolute atomic E-state index is 0.172. The first-order valence-corrected chi connectivity index (χ1v) is 8.22. The lowest BCUT2D eigenvalue weighted by Crippen LogP contribution is -2.25. The van der Waals surface area contributed by atoms with Gasteiger partial charge in [0.05, 0.1) is 12.8 Å². The number of aromatic nitrogens is 1. The highest BCUT2D eigenvalue weighted by Gasteiger charge is 2.06. The van der Waals surface area contributed by atoms with E-state index in [0.717, 1.165) is 23.5 Å². The molecule has 0 unspecified atom stereocenters. The number of rotatable bonds is 6. The molecule has 2 aromatic rings. The van der Waals surface area contributed by atoms with E-state index in [1.807, 2.05) is 18.2 Å². The summed E-state index contributed by atoms with van der Waals surface area (Å²) in [5.41, 5.74) is 9.30. The topological polar surface area (TPSA) is 58.4 Å². The maximum Gasteiger partial charge on any atom is 0.259 e. The summed E-state index contributed by atoms with van der Waals surface area (Å²) in [5, 5.41) is 7.16. The second-order valence-corrected chi connectivity index (χ2v) is 6.02. The quantitative estimate of drug-likeness (QED) is 0.632. The van der Waals surface area contributed by atoms with Crippen LogP contribution >= 0.6 is 0 Å². The molecule has 0 aliphatic heterocycles. The van der Waals surface area contributed by atoms with Gasteiger partial charge in [-0.3, -0.25) is 4.79 Å². The molecule has 0 spiro atoms. The van der Waals surface area contributed by atoms with Crippen LogP contribution in [0.4, 0.5) is 5.69 Å². The number of carbonyl (C=O) groups is 1. The number of amides is 1. The van der Waals surface area contributed by atoms with Crippen LogP contribution in [-0.2, 0) is 11.3 Å². The van der Waals surface area contributed by atoms with Gasteiger partial charge in [-0.25, -0.2) is 5.43 Å². The number of anilines is 1. The van der Waals surface area contributed by atoms with Crippen LogP contribution in [0.5, 0.6) is 0 Å². The summed E-state index contributed by atoms with van der Waals surface area (Å²) in [6, 6.07) is 8.11. The Morgan fingerprint density at radius 2 is 1.92 bits per heavy atom. The first-order chi connectivity index (χ1) is 11.4. The van der Waals surface area contributed by atoms with Crippen LogP contribution in [0.25, 0.3) is 0 Å². The largest absolute Gasteiger partial charge is 0.376 e. The van der Waals surface area contributed by atoms with Crippen molar-refractivity contribution in [3.8, 4) is 0 Å². The number of carbonyl (C=O) groups excluding carboxylic acids is 1. The summed E-state index contributed by atoms with van der Waals surface area (Å²) >= 11 is 0. The molecule has 2 N–H and O–H groups in total. The fourth-order valence-corrected chi connectivity index (χ4v) is 2.69. The fraction of sp³-hybridized carbons (Fsp3) is 0.368. The molecule has 0 saturated carbocycles. The van der Waals surface area contributed by atoms with Crippen LogP contribution < -0.4 is 10.7 Å². The number of hydrazone groups is 1. The maximum atomic E-state index is 11.9. The van der Waals surface area contributed by atoms with Crippen LogP contribution in [0.1, 0.15) is 35.0 Å². The zero-order valence-corrected chi connectivity index (χ0v) is 15.1. The van der Waals surface area contributed by atoms with Crippen molar-refractivity contribution in [1.29, 1.82) is 0 Å². The summed E-state index contributed by atoms with van der Waals surface area (Å²) in [6.45, 7) is 11.5. The molecule has 5 heteroatoms. The molecule has 0 saturated heterocycles. The lowest BCUT2D eigenvalue weighted by molar-refractivity contribution is -0.119. The normalized spacial score (nSPS) is 11.0. The first-order valence-electron chi connectivity index (χ1n) is 8.22. The summed E-state index contributed by atoms with van der Waals surface area (Å²) < 4.78 is 2.21. The van der Waals surface area contributed by atoms with Crippen molar-refractivity contribution in [3.63, 3.8) is 0 Å². The van der Waals surface area contributed by atoms with E-state index in [9.17, 15) is 4.79 Å². The molecule has 24 heavy (non-hydrogen) atoms. The Bertz CT molecular complexity index is 759. The summed E-state index contributed by atoms with van der Waals surface area (Å²) in [6.07, 6.45) is 1.70. The third-order valence-corrected chi connectivity index (χ3v) is 4.28.